The van der Waals surface area contributed by atoms with Crippen LogP contribution >= 0.6 is 0 Å². The Bertz CT molecular complexity index is 694. The lowest BCUT2D eigenvalue weighted by atomic mass is 10.0. The van der Waals surface area contributed by atoms with Gasteiger partial charge in [-0.25, -0.2) is 0 Å². The second-order valence-corrected chi connectivity index (χ2v) is 7.10. The van der Waals surface area contributed by atoms with Gasteiger partial charge in [-0.1, -0.05) is 48.5 Å². The van der Waals surface area contributed by atoms with Gasteiger partial charge in [-0.15, -0.1) is 0 Å². The van der Waals surface area contributed by atoms with Crippen LogP contribution in [-0.4, -0.2) is 36.5 Å². The van der Waals surface area contributed by atoms with Crippen molar-refractivity contribution in [3.8, 4) is 0 Å². The summed E-state index contributed by atoms with van der Waals surface area (Å²) >= 11 is 0. The summed E-state index contributed by atoms with van der Waals surface area (Å²) in [7, 11) is 0. The predicted molar refractivity (Wildman–Crippen MR) is 107 cm³/mol. The van der Waals surface area contributed by atoms with Crippen molar-refractivity contribution in [3.63, 3.8) is 0 Å². The van der Waals surface area contributed by atoms with Crippen LogP contribution < -0.4 is 10.6 Å². The number of anilines is 1. The number of carbonyl (C=O) groups is 1. The van der Waals surface area contributed by atoms with Gasteiger partial charge in [0, 0.05) is 31.2 Å². The van der Waals surface area contributed by atoms with Gasteiger partial charge in [0.05, 0.1) is 0 Å². The minimum atomic E-state index is 0.0771. The molecular weight excluding hydrogens is 322 g/mol. The minimum absolute atomic E-state index is 0.0771. The molecule has 0 aromatic heterocycles. The van der Waals surface area contributed by atoms with Gasteiger partial charge < -0.3 is 10.6 Å². The lowest BCUT2D eigenvalue weighted by Gasteiger charge is -2.32. The van der Waals surface area contributed by atoms with E-state index in [9.17, 15) is 4.79 Å². The first-order valence-electron chi connectivity index (χ1n) is 9.56. The molecule has 2 aromatic rings. The smallest absolute Gasteiger partial charge is 0.225 e. The predicted octanol–water partition coefficient (Wildman–Crippen LogP) is 3.58. The minimum Gasteiger partial charge on any atom is -0.326 e. The van der Waals surface area contributed by atoms with Gasteiger partial charge >= 0.3 is 0 Å². The summed E-state index contributed by atoms with van der Waals surface area (Å²) in [5.74, 6) is 0.0771. The lowest BCUT2D eigenvalue weighted by Crippen LogP contribution is -2.42. The van der Waals surface area contributed by atoms with Crippen LogP contribution in [0, 0.1) is 6.92 Å². The highest BCUT2D eigenvalue weighted by Gasteiger charge is 2.18. The van der Waals surface area contributed by atoms with Crippen LogP contribution in [0.1, 0.15) is 30.4 Å². The van der Waals surface area contributed by atoms with Crippen LogP contribution in [0.2, 0.25) is 0 Å². The molecule has 1 amide bonds. The van der Waals surface area contributed by atoms with Crippen LogP contribution in [0.4, 0.5) is 5.69 Å². The highest BCUT2D eigenvalue weighted by atomic mass is 16.1. The first-order valence-corrected chi connectivity index (χ1v) is 9.56. The van der Waals surface area contributed by atoms with Crippen LogP contribution in [0.5, 0.6) is 0 Å². The summed E-state index contributed by atoms with van der Waals surface area (Å²) in [6.45, 7) is 6.01. The van der Waals surface area contributed by atoms with E-state index in [0.717, 1.165) is 50.3 Å². The van der Waals surface area contributed by atoms with Crippen LogP contribution in [0.3, 0.4) is 0 Å². The van der Waals surface area contributed by atoms with E-state index in [1.54, 1.807) is 0 Å². The van der Waals surface area contributed by atoms with Crippen molar-refractivity contribution in [2.45, 2.75) is 38.8 Å². The van der Waals surface area contributed by atoms with Crippen molar-refractivity contribution in [1.29, 1.82) is 0 Å². The summed E-state index contributed by atoms with van der Waals surface area (Å²) < 4.78 is 0. The average Bonchev–Trinajstić information content (AvgIpc) is 2.66. The molecule has 0 saturated carbocycles. The molecule has 1 aliphatic heterocycles. The molecule has 0 aliphatic carbocycles. The van der Waals surface area contributed by atoms with Gasteiger partial charge in [-0.3, -0.25) is 9.69 Å². The Hall–Kier alpha value is -2.17. The largest absolute Gasteiger partial charge is 0.326 e. The quantitative estimate of drug-likeness (QED) is 0.801. The molecule has 0 radical (unpaired) electrons. The molecule has 0 unspecified atom stereocenters. The number of hydrogen-bond acceptors (Lipinski definition) is 3. The first kappa shape index (κ1) is 18.6. The van der Waals surface area contributed by atoms with Gasteiger partial charge in [-0.05, 0) is 50.0 Å². The van der Waals surface area contributed by atoms with Crippen molar-refractivity contribution in [3.05, 3.63) is 65.7 Å². The molecule has 1 fully saturated rings. The van der Waals surface area contributed by atoms with Crippen molar-refractivity contribution in [2.75, 3.05) is 25.0 Å². The fourth-order valence-corrected chi connectivity index (χ4v) is 3.45. The molecule has 0 atom stereocenters. The van der Waals surface area contributed by atoms with Gasteiger partial charge in [0.2, 0.25) is 5.91 Å². The standard InChI is InChI=1S/C22H29N3O/c1-18-7-5-6-10-21(18)24-22(26)11-14-23-20-12-15-25(16-13-20)17-19-8-3-2-4-9-19/h2-10,20,23H,11-17H2,1H3,(H,24,26). The third kappa shape index (κ3) is 5.68. The Morgan fingerprint density at radius 2 is 1.73 bits per heavy atom. The molecule has 26 heavy (non-hydrogen) atoms. The van der Waals surface area contributed by atoms with Gasteiger partial charge in [-0.2, -0.15) is 0 Å². The number of hydrogen-bond donors (Lipinski definition) is 2. The number of likely N-dealkylation sites (tertiary alicyclic amines) is 1. The second-order valence-electron chi connectivity index (χ2n) is 7.10. The Morgan fingerprint density at radius 3 is 2.46 bits per heavy atom. The molecule has 2 N–H and O–H groups in total. The van der Waals surface area contributed by atoms with Gasteiger partial charge in [0.1, 0.15) is 0 Å². The Balaban J connectivity index is 1.32. The molecular formula is C22H29N3O. The zero-order chi connectivity index (χ0) is 18.2. The molecule has 4 nitrogen and oxygen atoms in total. The summed E-state index contributed by atoms with van der Waals surface area (Å²) in [4.78, 5) is 14.6. The van der Waals surface area contributed by atoms with E-state index in [2.05, 4.69) is 45.9 Å². The van der Waals surface area contributed by atoms with E-state index < -0.39 is 0 Å². The highest BCUT2D eigenvalue weighted by Crippen LogP contribution is 2.15. The van der Waals surface area contributed by atoms with E-state index in [1.165, 1.54) is 5.56 Å². The maximum Gasteiger partial charge on any atom is 0.225 e. The monoisotopic (exact) mass is 351 g/mol. The van der Waals surface area contributed by atoms with Crippen LogP contribution in [0.25, 0.3) is 0 Å². The van der Waals surface area contributed by atoms with Crippen molar-refractivity contribution in [1.82, 2.24) is 10.2 Å². The van der Waals surface area contributed by atoms with E-state index in [4.69, 9.17) is 0 Å². The molecule has 1 aliphatic rings. The maximum absolute atomic E-state index is 12.1. The number of para-hydroxylation sites is 1. The Morgan fingerprint density at radius 1 is 1.04 bits per heavy atom. The number of nitrogens with one attached hydrogen (secondary N) is 2. The van der Waals surface area contributed by atoms with Crippen molar-refractivity contribution < 1.29 is 4.79 Å². The summed E-state index contributed by atoms with van der Waals surface area (Å²) in [6, 6.07) is 19.1. The number of amides is 1. The van der Waals surface area contributed by atoms with Gasteiger partial charge in [0.15, 0.2) is 0 Å². The third-order valence-electron chi connectivity index (χ3n) is 5.04. The normalized spacial score (nSPS) is 15.7. The lowest BCUT2D eigenvalue weighted by molar-refractivity contribution is -0.116. The van der Waals surface area contributed by atoms with Crippen LogP contribution in [0.15, 0.2) is 54.6 Å². The SMILES string of the molecule is Cc1ccccc1NC(=O)CCNC1CCN(Cc2ccccc2)CC1. The summed E-state index contributed by atoms with van der Waals surface area (Å²) in [5, 5.41) is 6.54. The number of rotatable bonds is 7. The molecule has 3 rings (SSSR count). The van der Waals surface area contributed by atoms with Crippen molar-refractivity contribution >= 4 is 11.6 Å². The average molecular weight is 351 g/mol. The summed E-state index contributed by atoms with van der Waals surface area (Å²) in [6.07, 6.45) is 2.80. The van der Waals surface area contributed by atoms with Crippen LogP contribution in [-0.2, 0) is 11.3 Å². The summed E-state index contributed by atoms with van der Waals surface area (Å²) in [5.41, 5.74) is 3.39. The second kappa shape index (κ2) is 9.51. The molecule has 1 saturated heterocycles. The fourth-order valence-electron chi connectivity index (χ4n) is 3.45. The molecule has 0 bridgehead atoms. The van der Waals surface area contributed by atoms with E-state index >= 15 is 0 Å². The van der Waals surface area contributed by atoms with E-state index in [-0.39, 0.29) is 5.91 Å². The van der Waals surface area contributed by atoms with E-state index in [1.807, 2.05) is 31.2 Å². The zero-order valence-corrected chi connectivity index (χ0v) is 15.6. The highest BCUT2D eigenvalue weighted by molar-refractivity contribution is 5.91. The third-order valence-corrected chi connectivity index (χ3v) is 5.04. The Kier molecular flexibility index (Phi) is 6.81. The number of aryl methyl sites for hydroxylation is 1. The zero-order valence-electron chi connectivity index (χ0n) is 15.6. The maximum atomic E-state index is 12.1. The number of benzene rings is 2. The molecule has 2 aromatic carbocycles. The molecule has 4 heteroatoms. The molecule has 0 spiro atoms. The number of nitrogens with zero attached hydrogens (tertiary/aromatic N) is 1. The number of piperidine rings is 1. The molecule has 1 heterocycles. The number of carbonyl (C=O) groups excluding carboxylic acids is 1. The Labute approximate surface area is 156 Å². The van der Waals surface area contributed by atoms with Gasteiger partial charge in [0.25, 0.3) is 0 Å². The first-order chi connectivity index (χ1) is 12.7. The fraction of sp³-hybridized carbons (Fsp3) is 0.409. The molecule has 138 valence electrons. The topological polar surface area (TPSA) is 44.4 Å². The van der Waals surface area contributed by atoms with E-state index in [0.29, 0.717) is 12.5 Å². The van der Waals surface area contributed by atoms with Crippen molar-refractivity contribution in [2.24, 2.45) is 0 Å².